The second kappa shape index (κ2) is 7.99. The zero-order valence-electron chi connectivity index (χ0n) is 24.5. The van der Waals surface area contributed by atoms with Crippen LogP contribution in [0, 0.1) is 0 Å². The SMILES string of the molecule is CC1=C(C)C[Si]2(C1)c1ccccc1N1c3cccc4c3B(C3=C(S4)[C@H]4c5ccccc5C(C)(C)C4S3)c3cccc2c31. The van der Waals surface area contributed by atoms with Gasteiger partial charge < -0.3 is 4.90 Å². The molecule has 1 aliphatic carbocycles. The second-order valence-corrected chi connectivity index (χ2v) is 20.1. The monoisotopic (exact) mass is 593 g/mol. The molecule has 0 saturated carbocycles. The highest BCUT2D eigenvalue weighted by molar-refractivity contribution is 8.10. The molecular formula is C37H32BNS2Si. The Hall–Kier alpha value is -2.86. The average molecular weight is 594 g/mol. The molecule has 2 atom stereocenters. The fourth-order valence-electron chi connectivity index (χ4n) is 9.58. The largest absolute Gasteiger partial charge is 0.312 e. The molecule has 0 saturated heterocycles. The summed E-state index contributed by atoms with van der Waals surface area (Å²) in [5, 5.41) is 3.85. The third-order valence-electron chi connectivity index (χ3n) is 11.5. The summed E-state index contributed by atoms with van der Waals surface area (Å²) in [6.07, 6.45) is 0. The Labute approximate surface area is 258 Å². The first kappa shape index (κ1) is 24.6. The van der Waals surface area contributed by atoms with Gasteiger partial charge in [0.05, 0.1) is 0 Å². The van der Waals surface area contributed by atoms with Crippen molar-refractivity contribution in [1.29, 1.82) is 0 Å². The quantitative estimate of drug-likeness (QED) is 0.155. The Morgan fingerprint density at radius 3 is 2.38 bits per heavy atom. The second-order valence-electron chi connectivity index (χ2n) is 13.9. The van der Waals surface area contributed by atoms with Crippen molar-refractivity contribution in [3.63, 3.8) is 0 Å². The number of benzene rings is 4. The van der Waals surface area contributed by atoms with Gasteiger partial charge in [-0.15, -0.1) is 11.8 Å². The molecule has 204 valence electrons. The van der Waals surface area contributed by atoms with Gasteiger partial charge >= 0.3 is 0 Å². The highest BCUT2D eigenvalue weighted by Crippen LogP contribution is 2.66. The Morgan fingerprint density at radius 2 is 1.52 bits per heavy atom. The first-order valence-corrected chi connectivity index (χ1v) is 19.5. The highest BCUT2D eigenvalue weighted by Gasteiger charge is 2.58. The lowest BCUT2D eigenvalue weighted by atomic mass is 9.38. The van der Waals surface area contributed by atoms with Crippen molar-refractivity contribution in [2.45, 2.75) is 61.3 Å². The molecule has 6 aliphatic rings. The van der Waals surface area contributed by atoms with E-state index in [9.17, 15) is 0 Å². The molecule has 0 N–H and O–H groups in total. The summed E-state index contributed by atoms with van der Waals surface area (Å²) in [5.74, 6) is 0.487. The van der Waals surface area contributed by atoms with Crippen LogP contribution in [0.4, 0.5) is 17.1 Å². The third kappa shape index (κ3) is 2.74. The van der Waals surface area contributed by atoms with Gasteiger partial charge in [0, 0.05) is 38.5 Å². The maximum Gasteiger partial charge on any atom is 0.257 e. The van der Waals surface area contributed by atoms with Gasteiger partial charge in [0.1, 0.15) is 8.07 Å². The molecule has 0 aromatic heterocycles. The minimum absolute atomic E-state index is 0.149. The maximum atomic E-state index is 2.68. The first-order valence-electron chi connectivity index (χ1n) is 15.4. The van der Waals surface area contributed by atoms with E-state index >= 15 is 0 Å². The summed E-state index contributed by atoms with van der Waals surface area (Å²) < 4.78 is 0. The molecule has 1 unspecified atom stereocenters. The van der Waals surface area contributed by atoms with Gasteiger partial charge in [-0.3, -0.25) is 0 Å². The molecule has 42 heavy (non-hydrogen) atoms. The lowest BCUT2D eigenvalue weighted by molar-refractivity contribution is 0.522. The van der Waals surface area contributed by atoms with Gasteiger partial charge in [-0.1, -0.05) is 103 Å². The van der Waals surface area contributed by atoms with Gasteiger partial charge in [0.15, 0.2) is 0 Å². The van der Waals surface area contributed by atoms with Crippen molar-refractivity contribution >= 4 is 76.7 Å². The van der Waals surface area contributed by atoms with E-state index < -0.39 is 8.07 Å². The zero-order valence-corrected chi connectivity index (χ0v) is 27.1. The zero-order chi connectivity index (χ0) is 28.1. The molecule has 1 nitrogen and oxygen atoms in total. The third-order valence-corrected chi connectivity index (χ3v) is 19.9. The summed E-state index contributed by atoms with van der Waals surface area (Å²) in [7, 11) is -1.97. The highest BCUT2D eigenvalue weighted by atomic mass is 32.2. The summed E-state index contributed by atoms with van der Waals surface area (Å²) in [5.41, 5.74) is 14.0. The van der Waals surface area contributed by atoms with Crippen LogP contribution >= 0.6 is 23.5 Å². The molecule has 0 amide bonds. The lowest BCUT2D eigenvalue weighted by Crippen LogP contribution is -2.66. The van der Waals surface area contributed by atoms with E-state index in [-0.39, 0.29) is 5.41 Å². The van der Waals surface area contributed by atoms with Gasteiger partial charge in [0.2, 0.25) is 0 Å². The molecule has 5 aliphatic heterocycles. The van der Waals surface area contributed by atoms with E-state index in [4.69, 9.17) is 0 Å². The Bertz CT molecular complexity index is 1980. The normalized spacial score (nSPS) is 24.4. The molecule has 0 fully saturated rings. The molecule has 10 rings (SSSR count). The number of hydrogen-bond acceptors (Lipinski definition) is 3. The van der Waals surface area contributed by atoms with Crippen LogP contribution in [0.5, 0.6) is 0 Å². The van der Waals surface area contributed by atoms with Crippen LogP contribution in [-0.2, 0) is 5.41 Å². The summed E-state index contributed by atoms with van der Waals surface area (Å²) in [6, 6.07) is 35.8. The molecule has 0 bridgehead atoms. The van der Waals surface area contributed by atoms with E-state index in [1.54, 1.807) is 47.8 Å². The Balaban J connectivity index is 1.25. The molecular weight excluding hydrogens is 561 g/mol. The smallest absolute Gasteiger partial charge is 0.257 e. The van der Waals surface area contributed by atoms with Gasteiger partial charge in [0.25, 0.3) is 6.71 Å². The predicted molar refractivity (Wildman–Crippen MR) is 186 cm³/mol. The lowest BCUT2D eigenvalue weighted by Gasteiger charge is -2.48. The van der Waals surface area contributed by atoms with E-state index in [2.05, 4.69) is 141 Å². The van der Waals surface area contributed by atoms with Crippen molar-refractivity contribution in [3.8, 4) is 0 Å². The fourth-order valence-corrected chi connectivity index (χ4v) is 18.8. The van der Waals surface area contributed by atoms with Crippen molar-refractivity contribution < 1.29 is 0 Å². The number of hydrogen-bond donors (Lipinski definition) is 0. The van der Waals surface area contributed by atoms with E-state index in [1.807, 2.05) is 0 Å². The van der Waals surface area contributed by atoms with Gasteiger partial charge in [-0.25, -0.2) is 0 Å². The van der Waals surface area contributed by atoms with Crippen molar-refractivity contribution in [2.24, 2.45) is 0 Å². The molecule has 4 aromatic rings. The minimum Gasteiger partial charge on any atom is -0.312 e. The average Bonchev–Trinajstić information content (AvgIpc) is 3.61. The van der Waals surface area contributed by atoms with E-state index in [1.165, 1.54) is 39.5 Å². The number of anilines is 3. The number of fused-ring (bicyclic) bond motifs is 11. The molecule has 0 radical (unpaired) electrons. The van der Waals surface area contributed by atoms with Gasteiger partial charge in [-0.05, 0) is 86.3 Å². The van der Waals surface area contributed by atoms with Crippen LogP contribution < -0.4 is 26.2 Å². The maximum absolute atomic E-state index is 2.68. The number of para-hydroxylation sites is 2. The number of thioether (sulfide) groups is 2. The van der Waals surface area contributed by atoms with Crippen molar-refractivity contribution in [3.05, 3.63) is 117 Å². The van der Waals surface area contributed by atoms with Gasteiger partial charge in [-0.2, -0.15) is 0 Å². The van der Waals surface area contributed by atoms with Crippen LogP contribution in [0.2, 0.25) is 12.1 Å². The fraction of sp³-hybridized carbons (Fsp3) is 0.243. The Morgan fingerprint density at radius 1 is 0.810 bits per heavy atom. The number of rotatable bonds is 0. The van der Waals surface area contributed by atoms with E-state index in [0.29, 0.717) is 17.9 Å². The van der Waals surface area contributed by atoms with E-state index in [0.717, 1.165) is 0 Å². The first-order chi connectivity index (χ1) is 20.4. The molecule has 4 aromatic carbocycles. The summed E-state index contributed by atoms with van der Waals surface area (Å²) in [6.45, 7) is 10.1. The number of nitrogens with zero attached hydrogens (tertiary/aromatic N) is 1. The van der Waals surface area contributed by atoms with Crippen LogP contribution in [0.25, 0.3) is 0 Å². The van der Waals surface area contributed by atoms with Crippen LogP contribution in [0.15, 0.2) is 111 Å². The van der Waals surface area contributed by atoms with Crippen molar-refractivity contribution in [2.75, 3.05) is 4.90 Å². The van der Waals surface area contributed by atoms with Crippen molar-refractivity contribution in [1.82, 2.24) is 0 Å². The van der Waals surface area contributed by atoms with Crippen LogP contribution in [-0.4, -0.2) is 20.0 Å². The standard InChI is InChI=1S/C37H32BNS2Si/c1-21-19-42(20-22(21)2)29-17-8-7-14-26(29)39-27-15-10-16-28-32(27)38(25-13-9-18-30(42)33(25)39)36-34(40-28)31-23-11-5-6-12-24(23)37(3,4)35(31)41-36/h5-18,31,35H,19-20H2,1-4H3/t31-,35?/m1/s1. The van der Waals surface area contributed by atoms with Crippen LogP contribution in [0.3, 0.4) is 0 Å². The summed E-state index contributed by atoms with van der Waals surface area (Å²) >= 11 is 4.30. The molecule has 1 spiro atoms. The topological polar surface area (TPSA) is 3.24 Å². The Kier molecular flexibility index (Phi) is 4.68. The number of allylic oxidation sites excluding steroid dienone is 3. The molecule has 5 heteroatoms. The predicted octanol–water partition coefficient (Wildman–Crippen LogP) is 7.35. The van der Waals surface area contributed by atoms with Crippen LogP contribution in [0.1, 0.15) is 44.7 Å². The molecule has 5 heterocycles. The summed E-state index contributed by atoms with van der Waals surface area (Å²) in [4.78, 5) is 7.40. The minimum atomic E-state index is -1.97.